The van der Waals surface area contributed by atoms with Crippen molar-refractivity contribution >= 4 is 11.6 Å². The fourth-order valence-corrected chi connectivity index (χ4v) is 2.48. The third-order valence-corrected chi connectivity index (χ3v) is 4.23. The fourth-order valence-electron chi connectivity index (χ4n) is 2.48. The van der Waals surface area contributed by atoms with Crippen molar-refractivity contribution in [2.45, 2.75) is 13.8 Å². The van der Waals surface area contributed by atoms with Crippen LogP contribution in [0.4, 0.5) is 10.1 Å². The maximum Gasteiger partial charge on any atom is 0.351 e. The molecule has 2 aromatic carbocycles. The molecule has 0 fully saturated rings. The second kappa shape index (κ2) is 6.99. The minimum atomic E-state index is -0.820. The molecule has 1 aromatic heterocycles. The zero-order valence-electron chi connectivity index (χ0n) is 15.0. The van der Waals surface area contributed by atoms with Crippen molar-refractivity contribution in [2.75, 3.05) is 5.32 Å². The van der Waals surface area contributed by atoms with Crippen LogP contribution in [0.1, 0.15) is 21.6 Å². The number of carbonyl (C=O) groups excluding carboxylic acids is 1. The average molecular weight is 368 g/mol. The molecule has 0 saturated heterocycles. The van der Waals surface area contributed by atoms with E-state index in [4.69, 9.17) is 0 Å². The van der Waals surface area contributed by atoms with Gasteiger partial charge in [0, 0.05) is 12.7 Å². The number of hydrogen-bond acceptors (Lipinski definition) is 4. The van der Waals surface area contributed by atoms with Gasteiger partial charge in [0.2, 0.25) is 5.69 Å². The summed E-state index contributed by atoms with van der Waals surface area (Å²) >= 11 is 0. The summed E-state index contributed by atoms with van der Waals surface area (Å²) in [5.41, 5.74) is 0.772. The van der Waals surface area contributed by atoms with Crippen LogP contribution in [-0.2, 0) is 7.05 Å². The van der Waals surface area contributed by atoms with Crippen molar-refractivity contribution in [3.63, 3.8) is 0 Å². The number of nitrogens with zero attached hydrogens (tertiary/aromatic N) is 3. The Morgan fingerprint density at radius 1 is 1.04 bits per heavy atom. The van der Waals surface area contributed by atoms with Crippen molar-refractivity contribution in [3.05, 3.63) is 85.9 Å². The lowest BCUT2D eigenvalue weighted by Crippen LogP contribution is -2.43. The molecule has 0 atom stereocenters. The van der Waals surface area contributed by atoms with E-state index < -0.39 is 28.7 Å². The van der Waals surface area contributed by atoms with Gasteiger partial charge in [-0.05, 0) is 61.4 Å². The Morgan fingerprint density at radius 3 is 2.33 bits per heavy atom. The Labute approximate surface area is 153 Å². The van der Waals surface area contributed by atoms with Gasteiger partial charge in [0.25, 0.3) is 11.5 Å². The molecule has 0 saturated carbocycles. The molecule has 3 rings (SSSR count). The number of amides is 1. The smallest absolute Gasteiger partial charge is 0.320 e. The molecule has 0 spiro atoms. The number of carbonyl (C=O) groups is 1. The van der Waals surface area contributed by atoms with E-state index in [9.17, 15) is 18.8 Å². The minimum absolute atomic E-state index is 0.234. The Morgan fingerprint density at radius 2 is 1.70 bits per heavy atom. The summed E-state index contributed by atoms with van der Waals surface area (Å²) in [6.45, 7) is 3.84. The molecule has 1 heterocycles. The number of benzene rings is 2. The number of rotatable bonds is 3. The van der Waals surface area contributed by atoms with Crippen LogP contribution in [0.5, 0.6) is 0 Å². The number of aryl methyl sites for hydroxylation is 2. The normalized spacial score (nSPS) is 10.7. The molecule has 0 unspecified atom stereocenters. The highest BCUT2D eigenvalue weighted by Gasteiger charge is 2.19. The maximum absolute atomic E-state index is 13.1. The number of nitrogens with one attached hydrogen (secondary N) is 1. The standard InChI is InChI=1S/C19H17FN4O3/c1-11-4-7-14(10-12(11)2)21-17(25)16-18(26)23(3)19(27)24(22-16)15-8-5-13(20)6-9-15/h4-10H,1-3H3,(H,21,25). The largest absolute Gasteiger partial charge is 0.351 e. The van der Waals surface area contributed by atoms with Gasteiger partial charge in [-0.25, -0.2) is 9.18 Å². The molecule has 0 aliphatic heterocycles. The molecule has 3 aromatic rings. The Hall–Kier alpha value is -3.55. The van der Waals surface area contributed by atoms with Crippen molar-refractivity contribution in [3.8, 4) is 5.69 Å². The van der Waals surface area contributed by atoms with Crippen molar-refractivity contribution in [2.24, 2.45) is 7.05 Å². The fraction of sp³-hybridized carbons (Fsp3) is 0.158. The predicted octanol–water partition coefficient (Wildman–Crippen LogP) is 1.94. The van der Waals surface area contributed by atoms with Crippen molar-refractivity contribution < 1.29 is 9.18 Å². The topological polar surface area (TPSA) is 86.0 Å². The van der Waals surface area contributed by atoms with Crippen LogP contribution in [0.3, 0.4) is 0 Å². The van der Waals surface area contributed by atoms with Gasteiger partial charge in [-0.2, -0.15) is 9.78 Å². The molecular weight excluding hydrogens is 351 g/mol. The van der Waals surface area contributed by atoms with Crippen molar-refractivity contribution in [1.82, 2.24) is 14.3 Å². The lowest BCUT2D eigenvalue weighted by molar-refractivity contribution is 0.101. The molecule has 0 radical (unpaired) electrons. The van der Waals surface area contributed by atoms with Gasteiger partial charge < -0.3 is 5.32 Å². The zero-order chi connectivity index (χ0) is 19.7. The summed E-state index contributed by atoms with van der Waals surface area (Å²) in [5.74, 6) is -1.22. The van der Waals surface area contributed by atoms with Gasteiger partial charge in [0.1, 0.15) is 5.82 Å². The van der Waals surface area contributed by atoms with E-state index in [2.05, 4.69) is 10.4 Å². The average Bonchev–Trinajstić information content (AvgIpc) is 2.64. The minimum Gasteiger partial charge on any atom is -0.320 e. The third-order valence-electron chi connectivity index (χ3n) is 4.23. The van der Waals surface area contributed by atoms with E-state index in [0.717, 1.165) is 32.5 Å². The monoisotopic (exact) mass is 368 g/mol. The van der Waals surface area contributed by atoms with Crippen LogP contribution in [0.2, 0.25) is 0 Å². The summed E-state index contributed by atoms with van der Waals surface area (Å²) in [4.78, 5) is 37.2. The van der Waals surface area contributed by atoms with Gasteiger partial charge in [-0.3, -0.25) is 14.2 Å². The number of halogens is 1. The number of hydrogen-bond donors (Lipinski definition) is 1. The van der Waals surface area contributed by atoms with E-state index in [-0.39, 0.29) is 5.69 Å². The van der Waals surface area contributed by atoms with Gasteiger partial charge in [-0.1, -0.05) is 6.07 Å². The van der Waals surface area contributed by atoms with Gasteiger partial charge in [0.05, 0.1) is 5.69 Å². The van der Waals surface area contributed by atoms with Gasteiger partial charge in [0.15, 0.2) is 0 Å². The molecule has 0 aliphatic rings. The number of aromatic nitrogens is 3. The molecule has 8 heteroatoms. The second-order valence-electron chi connectivity index (χ2n) is 6.14. The molecular formula is C19H17FN4O3. The molecule has 0 bridgehead atoms. The van der Waals surface area contributed by atoms with Crippen molar-refractivity contribution in [1.29, 1.82) is 0 Å². The molecule has 138 valence electrons. The lowest BCUT2D eigenvalue weighted by Gasteiger charge is -2.10. The highest BCUT2D eigenvalue weighted by molar-refractivity contribution is 6.02. The quantitative estimate of drug-likeness (QED) is 0.766. The molecule has 0 aliphatic carbocycles. The molecule has 1 amide bonds. The number of anilines is 1. The Kier molecular flexibility index (Phi) is 4.72. The van der Waals surface area contributed by atoms with Crippen LogP contribution in [0, 0.1) is 19.7 Å². The first-order valence-corrected chi connectivity index (χ1v) is 8.13. The van der Waals surface area contributed by atoms with E-state index in [0.29, 0.717) is 5.69 Å². The van der Waals surface area contributed by atoms with E-state index in [1.54, 1.807) is 12.1 Å². The van der Waals surface area contributed by atoms with Crippen LogP contribution < -0.4 is 16.6 Å². The van der Waals surface area contributed by atoms with Crippen LogP contribution in [-0.4, -0.2) is 20.3 Å². The Balaban J connectivity index is 2.05. The van der Waals surface area contributed by atoms with Gasteiger partial charge >= 0.3 is 5.69 Å². The van der Waals surface area contributed by atoms with Gasteiger partial charge in [-0.15, -0.1) is 0 Å². The summed E-state index contributed by atoms with van der Waals surface area (Å²) in [6, 6.07) is 10.3. The summed E-state index contributed by atoms with van der Waals surface area (Å²) in [6.07, 6.45) is 0. The molecule has 7 nitrogen and oxygen atoms in total. The highest BCUT2D eigenvalue weighted by Crippen LogP contribution is 2.14. The van der Waals surface area contributed by atoms with E-state index in [1.165, 1.54) is 19.2 Å². The Bertz CT molecular complexity index is 1150. The van der Waals surface area contributed by atoms with E-state index >= 15 is 0 Å². The summed E-state index contributed by atoms with van der Waals surface area (Å²) in [7, 11) is 1.25. The predicted molar refractivity (Wildman–Crippen MR) is 98.9 cm³/mol. The molecule has 27 heavy (non-hydrogen) atoms. The van der Waals surface area contributed by atoms with E-state index in [1.807, 2.05) is 19.9 Å². The maximum atomic E-state index is 13.1. The zero-order valence-corrected chi connectivity index (χ0v) is 15.0. The summed E-state index contributed by atoms with van der Waals surface area (Å²) < 4.78 is 14.8. The lowest BCUT2D eigenvalue weighted by atomic mass is 10.1. The highest BCUT2D eigenvalue weighted by atomic mass is 19.1. The van der Waals surface area contributed by atoms with Crippen LogP contribution >= 0.6 is 0 Å². The van der Waals surface area contributed by atoms with Crippen LogP contribution in [0.15, 0.2) is 52.1 Å². The first-order valence-electron chi connectivity index (χ1n) is 8.13. The molecule has 1 N–H and O–H groups in total. The third kappa shape index (κ3) is 3.55. The first kappa shape index (κ1) is 18.2. The summed E-state index contributed by atoms with van der Waals surface area (Å²) in [5, 5.41) is 6.52. The first-order chi connectivity index (χ1) is 12.8. The SMILES string of the molecule is Cc1ccc(NC(=O)c2nn(-c3ccc(F)cc3)c(=O)n(C)c2=O)cc1C. The second-order valence-corrected chi connectivity index (χ2v) is 6.14. The van der Waals surface area contributed by atoms with Crippen LogP contribution in [0.25, 0.3) is 5.69 Å².